The molecule has 1 fully saturated rings. The van der Waals surface area contributed by atoms with E-state index in [1.54, 1.807) is 4.90 Å². The van der Waals surface area contributed by atoms with E-state index >= 15 is 0 Å². The van der Waals surface area contributed by atoms with Crippen molar-refractivity contribution in [3.05, 3.63) is 71.3 Å². The van der Waals surface area contributed by atoms with Gasteiger partial charge in [0.15, 0.2) is 0 Å². The maximum atomic E-state index is 12.9. The van der Waals surface area contributed by atoms with Crippen LogP contribution < -0.4 is 0 Å². The van der Waals surface area contributed by atoms with Gasteiger partial charge in [-0.05, 0) is 41.9 Å². The van der Waals surface area contributed by atoms with E-state index in [1.165, 1.54) is 11.1 Å². The van der Waals surface area contributed by atoms with Crippen molar-refractivity contribution >= 4 is 11.9 Å². The second-order valence-corrected chi connectivity index (χ2v) is 7.84. The molecule has 4 heteroatoms. The van der Waals surface area contributed by atoms with Gasteiger partial charge in [-0.1, -0.05) is 54.6 Å². The van der Waals surface area contributed by atoms with Gasteiger partial charge in [-0.3, -0.25) is 9.59 Å². The van der Waals surface area contributed by atoms with E-state index in [4.69, 9.17) is 0 Å². The summed E-state index contributed by atoms with van der Waals surface area (Å²) in [6.07, 6.45) is 3.52. The second-order valence-electron chi connectivity index (χ2n) is 7.84. The Morgan fingerprint density at radius 1 is 0.963 bits per heavy atom. The summed E-state index contributed by atoms with van der Waals surface area (Å²) in [7, 11) is 0. The number of nitrogens with zero attached hydrogens (tertiary/aromatic N) is 1. The molecule has 1 N–H and O–H groups in total. The molecule has 27 heavy (non-hydrogen) atoms. The fourth-order valence-electron chi connectivity index (χ4n) is 4.62. The van der Waals surface area contributed by atoms with Gasteiger partial charge in [0.2, 0.25) is 5.91 Å². The van der Waals surface area contributed by atoms with Gasteiger partial charge in [-0.15, -0.1) is 0 Å². The van der Waals surface area contributed by atoms with Gasteiger partial charge in [-0.2, -0.15) is 0 Å². The first kappa shape index (κ1) is 17.8. The molecule has 2 aromatic carbocycles. The number of fused-ring (bicyclic) bond motifs is 1. The molecule has 1 aliphatic carbocycles. The van der Waals surface area contributed by atoms with E-state index in [-0.39, 0.29) is 11.8 Å². The van der Waals surface area contributed by atoms with Crippen LogP contribution in [0.3, 0.4) is 0 Å². The number of hydrogen-bond donors (Lipinski definition) is 1. The van der Waals surface area contributed by atoms with Crippen LogP contribution in [0.5, 0.6) is 0 Å². The smallest absolute Gasteiger partial charge is 0.308 e. The lowest BCUT2D eigenvalue weighted by molar-refractivity contribution is -0.141. The third-order valence-electron chi connectivity index (χ3n) is 6.13. The van der Waals surface area contributed by atoms with Crippen LogP contribution >= 0.6 is 0 Å². The van der Waals surface area contributed by atoms with Crippen LogP contribution in [0.25, 0.3) is 0 Å². The zero-order valence-electron chi connectivity index (χ0n) is 15.4. The number of aliphatic carboxylic acids is 1. The highest BCUT2D eigenvalue weighted by Gasteiger charge is 2.40. The molecule has 1 heterocycles. The monoisotopic (exact) mass is 363 g/mol. The molecule has 2 aliphatic rings. The fourth-order valence-corrected chi connectivity index (χ4v) is 4.62. The quantitative estimate of drug-likeness (QED) is 0.904. The number of aryl methyl sites for hydroxylation is 1. The number of rotatable bonds is 4. The fraction of sp³-hybridized carbons (Fsp3) is 0.391. The number of hydrogen-bond acceptors (Lipinski definition) is 2. The number of carbonyl (C=O) groups is 2. The van der Waals surface area contributed by atoms with E-state index in [1.807, 2.05) is 30.3 Å². The Hall–Kier alpha value is -2.62. The van der Waals surface area contributed by atoms with Crippen molar-refractivity contribution in [3.8, 4) is 0 Å². The minimum Gasteiger partial charge on any atom is -0.481 e. The predicted octanol–water partition coefficient (Wildman–Crippen LogP) is 3.51. The van der Waals surface area contributed by atoms with Crippen LogP contribution in [-0.4, -0.2) is 35.0 Å². The van der Waals surface area contributed by atoms with Gasteiger partial charge >= 0.3 is 5.97 Å². The molecule has 0 radical (unpaired) electrons. The molecule has 3 atom stereocenters. The topological polar surface area (TPSA) is 57.6 Å². The summed E-state index contributed by atoms with van der Waals surface area (Å²) < 4.78 is 0. The highest BCUT2D eigenvalue weighted by Crippen LogP contribution is 2.34. The molecular formula is C23H25NO3. The third kappa shape index (κ3) is 3.75. The molecule has 1 unspecified atom stereocenters. The molecule has 0 saturated carbocycles. The first-order chi connectivity index (χ1) is 13.1. The van der Waals surface area contributed by atoms with Gasteiger partial charge in [0.1, 0.15) is 0 Å². The summed E-state index contributed by atoms with van der Waals surface area (Å²) in [5.41, 5.74) is 3.76. The van der Waals surface area contributed by atoms with Gasteiger partial charge in [-0.25, -0.2) is 0 Å². The van der Waals surface area contributed by atoms with E-state index in [0.29, 0.717) is 25.4 Å². The predicted molar refractivity (Wildman–Crippen MR) is 103 cm³/mol. The van der Waals surface area contributed by atoms with Gasteiger partial charge in [0.25, 0.3) is 0 Å². The van der Waals surface area contributed by atoms with E-state index in [0.717, 1.165) is 24.8 Å². The Morgan fingerprint density at radius 3 is 2.41 bits per heavy atom. The Balaban J connectivity index is 1.43. The van der Waals surface area contributed by atoms with Crippen molar-refractivity contribution in [2.75, 3.05) is 13.1 Å². The Kier molecular flexibility index (Phi) is 4.97. The molecule has 1 saturated heterocycles. The highest BCUT2D eigenvalue weighted by molar-refractivity contribution is 5.80. The summed E-state index contributed by atoms with van der Waals surface area (Å²) in [6.45, 7) is 0.820. The second kappa shape index (κ2) is 7.55. The molecule has 0 aromatic heterocycles. The standard InChI is InChI=1S/C23H25NO3/c25-22(13-16-10-11-17-6-4-5-9-19(17)12-16)24-14-20(21(15-24)23(26)27)18-7-2-1-3-8-18/h1-9,16,20-21H,10-15H2,(H,26,27)/t16?,20-,21-/m1/s1. The summed E-state index contributed by atoms with van der Waals surface area (Å²) in [6, 6.07) is 18.2. The maximum absolute atomic E-state index is 12.9. The number of carboxylic acid groups (broad SMARTS) is 1. The van der Waals surface area contributed by atoms with Crippen molar-refractivity contribution in [1.82, 2.24) is 4.90 Å². The van der Waals surface area contributed by atoms with Crippen LogP contribution in [0.15, 0.2) is 54.6 Å². The highest BCUT2D eigenvalue weighted by atomic mass is 16.4. The molecule has 1 amide bonds. The Morgan fingerprint density at radius 2 is 1.67 bits per heavy atom. The van der Waals surface area contributed by atoms with E-state index in [9.17, 15) is 14.7 Å². The minimum atomic E-state index is -0.814. The lowest BCUT2D eigenvalue weighted by Crippen LogP contribution is -2.32. The summed E-state index contributed by atoms with van der Waals surface area (Å²) in [5, 5.41) is 9.64. The van der Waals surface area contributed by atoms with Crippen molar-refractivity contribution in [2.45, 2.75) is 31.6 Å². The molecule has 4 rings (SSSR count). The summed E-state index contributed by atoms with van der Waals surface area (Å²) in [4.78, 5) is 26.4. The largest absolute Gasteiger partial charge is 0.481 e. The zero-order valence-corrected chi connectivity index (χ0v) is 15.4. The number of carboxylic acids is 1. The molecule has 1 aliphatic heterocycles. The van der Waals surface area contributed by atoms with Crippen LogP contribution in [0.2, 0.25) is 0 Å². The minimum absolute atomic E-state index is 0.101. The van der Waals surface area contributed by atoms with Crippen molar-refractivity contribution < 1.29 is 14.7 Å². The SMILES string of the molecule is O=C(O)[C@@H]1CN(C(=O)CC2CCc3ccccc3C2)C[C@@H]1c1ccccc1. The van der Waals surface area contributed by atoms with Crippen LogP contribution in [-0.2, 0) is 22.4 Å². The van der Waals surface area contributed by atoms with Crippen molar-refractivity contribution in [2.24, 2.45) is 11.8 Å². The Bertz CT molecular complexity index is 833. The average molecular weight is 363 g/mol. The van der Waals surface area contributed by atoms with Gasteiger partial charge in [0, 0.05) is 25.4 Å². The lowest BCUT2D eigenvalue weighted by atomic mass is 9.82. The summed E-state index contributed by atoms with van der Waals surface area (Å²) in [5.74, 6) is -1.01. The first-order valence-electron chi connectivity index (χ1n) is 9.74. The molecule has 0 bridgehead atoms. The molecular weight excluding hydrogens is 338 g/mol. The molecule has 2 aromatic rings. The van der Waals surface area contributed by atoms with Crippen LogP contribution in [0.4, 0.5) is 0 Å². The van der Waals surface area contributed by atoms with Gasteiger partial charge in [0.05, 0.1) is 5.92 Å². The van der Waals surface area contributed by atoms with Crippen molar-refractivity contribution in [3.63, 3.8) is 0 Å². The average Bonchev–Trinajstić information content (AvgIpc) is 3.15. The Labute approximate surface area is 159 Å². The lowest BCUT2D eigenvalue weighted by Gasteiger charge is -2.26. The normalized spacial score (nSPS) is 24.4. The van der Waals surface area contributed by atoms with Gasteiger partial charge < -0.3 is 10.0 Å². The third-order valence-corrected chi connectivity index (χ3v) is 6.13. The van der Waals surface area contributed by atoms with E-state index < -0.39 is 11.9 Å². The molecule has 0 spiro atoms. The van der Waals surface area contributed by atoms with Crippen LogP contribution in [0, 0.1) is 11.8 Å². The van der Waals surface area contributed by atoms with Crippen LogP contribution in [0.1, 0.15) is 35.4 Å². The number of amides is 1. The number of benzene rings is 2. The van der Waals surface area contributed by atoms with Crippen molar-refractivity contribution in [1.29, 1.82) is 0 Å². The first-order valence-corrected chi connectivity index (χ1v) is 9.74. The van der Waals surface area contributed by atoms with E-state index in [2.05, 4.69) is 24.3 Å². The zero-order chi connectivity index (χ0) is 18.8. The molecule has 4 nitrogen and oxygen atoms in total. The maximum Gasteiger partial charge on any atom is 0.308 e. The summed E-state index contributed by atoms with van der Waals surface area (Å²) >= 11 is 0. The number of carbonyl (C=O) groups excluding carboxylic acids is 1. The number of likely N-dealkylation sites (tertiary alicyclic amines) is 1. The molecule has 140 valence electrons.